The largest absolute Gasteiger partial charge is 0.385 e. The Bertz CT molecular complexity index is 861. The van der Waals surface area contributed by atoms with Crippen LogP contribution >= 0.6 is 0 Å². The number of fused-ring (bicyclic) bond motifs is 2. The van der Waals surface area contributed by atoms with Crippen molar-refractivity contribution in [2.75, 3.05) is 24.1 Å². The number of rotatable bonds is 1. The van der Waals surface area contributed by atoms with Crippen molar-refractivity contribution in [2.24, 2.45) is 5.84 Å². The SMILES string of the molecule is Cc1cc(F)cc2c1NCCC2C(=O)n1nc(N)c2c1CN(N)CC2. The molecule has 8 heteroatoms. The first-order valence-corrected chi connectivity index (χ1v) is 8.39. The molecule has 2 aliphatic rings. The lowest BCUT2D eigenvalue weighted by atomic mass is 9.88. The third-order valence-electron chi connectivity index (χ3n) is 5.07. The first-order valence-electron chi connectivity index (χ1n) is 8.39. The van der Waals surface area contributed by atoms with E-state index in [4.69, 9.17) is 11.6 Å². The molecule has 7 nitrogen and oxygen atoms in total. The van der Waals surface area contributed by atoms with Gasteiger partial charge in [0.25, 0.3) is 5.91 Å². The molecule has 0 fully saturated rings. The number of anilines is 2. The minimum atomic E-state index is -0.456. The average Bonchev–Trinajstić information content (AvgIpc) is 2.90. The van der Waals surface area contributed by atoms with Gasteiger partial charge in [-0.2, -0.15) is 0 Å². The molecule has 0 radical (unpaired) electrons. The van der Waals surface area contributed by atoms with Gasteiger partial charge in [-0.1, -0.05) is 0 Å². The van der Waals surface area contributed by atoms with Crippen LogP contribution in [0.25, 0.3) is 0 Å². The fraction of sp³-hybridized carbons (Fsp3) is 0.412. The van der Waals surface area contributed by atoms with E-state index in [1.165, 1.54) is 16.8 Å². The number of hydrogen-bond acceptors (Lipinski definition) is 6. The predicted octanol–water partition coefficient (Wildman–Crippen LogP) is 1.38. The summed E-state index contributed by atoms with van der Waals surface area (Å²) in [5, 5.41) is 9.18. The topological polar surface area (TPSA) is 102 Å². The number of nitrogens with one attached hydrogen (secondary N) is 1. The summed E-state index contributed by atoms with van der Waals surface area (Å²) in [6.45, 7) is 3.59. The highest BCUT2D eigenvalue weighted by molar-refractivity contribution is 5.89. The summed E-state index contributed by atoms with van der Waals surface area (Å²) in [6, 6.07) is 2.91. The van der Waals surface area contributed by atoms with E-state index in [2.05, 4.69) is 10.4 Å². The van der Waals surface area contributed by atoms with Crippen molar-refractivity contribution in [3.8, 4) is 0 Å². The average molecular weight is 344 g/mol. The molecule has 1 unspecified atom stereocenters. The van der Waals surface area contributed by atoms with Crippen molar-refractivity contribution >= 4 is 17.4 Å². The predicted molar refractivity (Wildman–Crippen MR) is 92.6 cm³/mol. The van der Waals surface area contributed by atoms with Crippen LogP contribution in [0, 0.1) is 12.7 Å². The number of nitrogen functional groups attached to an aromatic ring is 1. The zero-order valence-corrected chi connectivity index (χ0v) is 14.1. The lowest BCUT2D eigenvalue weighted by Crippen LogP contribution is -2.38. The minimum absolute atomic E-state index is 0.184. The highest BCUT2D eigenvalue weighted by Crippen LogP contribution is 2.36. The van der Waals surface area contributed by atoms with Gasteiger partial charge in [-0.3, -0.25) is 10.6 Å². The Morgan fingerprint density at radius 2 is 2.24 bits per heavy atom. The number of carbonyl (C=O) groups is 1. The molecular weight excluding hydrogens is 323 g/mol. The van der Waals surface area contributed by atoms with E-state index in [9.17, 15) is 9.18 Å². The number of benzene rings is 1. The van der Waals surface area contributed by atoms with Crippen molar-refractivity contribution in [2.45, 2.75) is 32.2 Å². The van der Waals surface area contributed by atoms with Crippen LogP contribution in [0.3, 0.4) is 0 Å². The summed E-state index contributed by atoms with van der Waals surface area (Å²) in [6.07, 6.45) is 1.25. The third-order valence-corrected chi connectivity index (χ3v) is 5.07. The standard InChI is InChI=1S/C17H21FN6O/c1-9-6-10(18)7-13-11(2-4-21-15(9)13)17(25)24-14-8-23(20)5-3-12(14)16(19)22-24/h6-7,11,21H,2-5,8,20H2,1H3,(H2,19,22). The fourth-order valence-electron chi connectivity index (χ4n) is 3.83. The molecule has 5 N–H and O–H groups in total. The van der Waals surface area contributed by atoms with Gasteiger partial charge in [0.15, 0.2) is 0 Å². The van der Waals surface area contributed by atoms with Crippen LogP contribution < -0.4 is 16.9 Å². The Labute approximate surface area is 144 Å². The summed E-state index contributed by atoms with van der Waals surface area (Å²) >= 11 is 0. The number of aryl methyl sites for hydroxylation is 1. The van der Waals surface area contributed by atoms with Crippen molar-refractivity contribution in [1.82, 2.24) is 14.8 Å². The van der Waals surface area contributed by atoms with Crippen molar-refractivity contribution in [3.63, 3.8) is 0 Å². The highest BCUT2D eigenvalue weighted by Gasteiger charge is 2.33. The summed E-state index contributed by atoms with van der Waals surface area (Å²) < 4.78 is 15.3. The normalized spacial score (nSPS) is 19.9. The first kappa shape index (κ1) is 16.0. The van der Waals surface area contributed by atoms with E-state index in [0.717, 1.165) is 22.5 Å². The minimum Gasteiger partial charge on any atom is -0.385 e. The smallest absolute Gasteiger partial charge is 0.254 e. The second-order valence-electron chi connectivity index (χ2n) is 6.74. The van der Waals surface area contributed by atoms with Gasteiger partial charge >= 0.3 is 0 Å². The Morgan fingerprint density at radius 3 is 3.04 bits per heavy atom. The summed E-state index contributed by atoms with van der Waals surface area (Å²) in [4.78, 5) is 13.2. The molecule has 0 amide bonds. The van der Waals surface area contributed by atoms with Crippen molar-refractivity contribution in [3.05, 3.63) is 40.3 Å². The second kappa shape index (κ2) is 5.82. The molecule has 25 heavy (non-hydrogen) atoms. The summed E-state index contributed by atoms with van der Waals surface area (Å²) in [7, 11) is 0. The van der Waals surface area contributed by atoms with Crippen molar-refractivity contribution in [1.29, 1.82) is 0 Å². The maximum Gasteiger partial charge on any atom is 0.254 e. The van der Waals surface area contributed by atoms with Crippen LogP contribution in [-0.2, 0) is 13.0 Å². The number of carbonyl (C=O) groups excluding carboxylic acids is 1. The maximum absolute atomic E-state index is 13.9. The first-order chi connectivity index (χ1) is 12.0. The Morgan fingerprint density at radius 1 is 1.44 bits per heavy atom. The van der Waals surface area contributed by atoms with E-state index in [-0.39, 0.29) is 11.7 Å². The molecule has 1 atom stereocenters. The van der Waals surface area contributed by atoms with Crippen LogP contribution in [0.2, 0.25) is 0 Å². The molecular formula is C17H21FN6O. The van der Waals surface area contributed by atoms with Gasteiger partial charge in [0, 0.05) is 24.3 Å². The maximum atomic E-state index is 13.9. The number of nitrogens with zero attached hydrogens (tertiary/aromatic N) is 3. The molecule has 1 aromatic carbocycles. The summed E-state index contributed by atoms with van der Waals surface area (Å²) in [5.74, 6) is 5.30. The molecule has 0 saturated carbocycles. The molecule has 1 aromatic heterocycles. The Balaban J connectivity index is 1.77. The van der Waals surface area contributed by atoms with Gasteiger partial charge in [0.2, 0.25) is 0 Å². The van der Waals surface area contributed by atoms with E-state index in [0.29, 0.717) is 43.9 Å². The van der Waals surface area contributed by atoms with Gasteiger partial charge in [-0.15, -0.1) is 5.10 Å². The van der Waals surface area contributed by atoms with Gasteiger partial charge in [0.05, 0.1) is 18.2 Å². The van der Waals surface area contributed by atoms with Crippen LogP contribution in [0.15, 0.2) is 12.1 Å². The molecule has 0 aliphatic carbocycles. The highest BCUT2D eigenvalue weighted by atomic mass is 19.1. The van der Waals surface area contributed by atoms with E-state index >= 15 is 0 Å². The molecule has 0 bridgehead atoms. The lowest BCUT2D eigenvalue weighted by Gasteiger charge is -2.28. The summed E-state index contributed by atoms with van der Waals surface area (Å²) in [5.41, 5.74) is 9.94. The molecule has 3 heterocycles. The van der Waals surface area contributed by atoms with Gasteiger partial charge < -0.3 is 11.1 Å². The lowest BCUT2D eigenvalue weighted by molar-refractivity contribution is 0.0847. The van der Waals surface area contributed by atoms with Gasteiger partial charge in [0.1, 0.15) is 11.6 Å². The van der Waals surface area contributed by atoms with Crippen LogP contribution in [0.4, 0.5) is 15.9 Å². The van der Waals surface area contributed by atoms with Crippen LogP contribution in [0.5, 0.6) is 0 Å². The monoisotopic (exact) mass is 344 g/mol. The number of halogens is 1. The Hall–Kier alpha value is -2.45. The zero-order valence-electron chi connectivity index (χ0n) is 14.1. The number of nitrogens with two attached hydrogens (primary N) is 2. The van der Waals surface area contributed by atoms with E-state index < -0.39 is 5.92 Å². The molecule has 132 valence electrons. The van der Waals surface area contributed by atoms with E-state index in [1.54, 1.807) is 5.01 Å². The van der Waals surface area contributed by atoms with Gasteiger partial charge in [-0.25, -0.2) is 14.1 Å². The van der Waals surface area contributed by atoms with Crippen LogP contribution in [0.1, 0.15) is 39.5 Å². The number of hydrazine groups is 1. The van der Waals surface area contributed by atoms with Crippen molar-refractivity contribution < 1.29 is 9.18 Å². The fourth-order valence-corrected chi connectivity index (χ4v) is 3.83. The molecule has 0 spiro atoms. The quantitative estimate of drug-likeness (QED) is 0.676. The Kier molecular flexibility index (Phi) is 3.73. The molecule has 0 saturated heterocycles. The molecule has 2 aromatic rings. The number of hydrogen-bond donors (Lipinski definition) is 3. The van der Waals surface area contributed by atoms with Gasteiger partial charge in [-0.05, 0) is 43.0 Å². The van der Waals surface area contributed by atoms with E-state index in [1.807, 2.05) is 6.92 Å². The number of aromatic nitrogens is 2. The second-order valence-corrected chi connectivity index (χ2v) is 6.74. The van der Waals surface area contributed by atoms with Crippen LogP contribution in [-0.4, -0.2) is 33.8 Å². The molecule has 4 rings (SSSR count). The third kappa shape index (κ3) is 2.58. The molecule has 2 aliphatic heterocycles. The zero-order chi connectivity index (χ0) is 17.7.